The van der Waals surface area contributed by atoms with Crippen LogP contribution < -0.4 is 68.4 Å². The number of amides is 7. The van der Waals surface area contributed by atoms with Crippen LogP contribution in [0.25, 0.3) is 11.1 Å². The Hall–Kier alpha value is -8.39. The smallest absolute Gasteiger partial charge is 0.339 e. The number of rotatable bonds is 31. The van der Waals surface area contributed by atoms with E-state index in [9.17, 15) is 79.8 Å². The molecule has 24 N–H and O–H groups in total. The van der Waals surface area contributed by atoms with Crippen molar-refractivity contribution in [3.05, 3.63) is 122 Å². The Morgan fingerprint density at radius 2 is 1.29 bits per heavy atom. The van der Waals surface area contributed by atoms with Gasteiger partial charge in [-0.25, -0.2) is 4.79 Å². The van der Waals surface area contributed by atoms with Crippen molar-refractivity contribution in [2.45, 2.75) is 240 Å². The molecule has 5 aromatic carbocycles. The topological polar surface area (TPSA) is 598 Å². The number of aliphatic hydroxyl groups is 6. The quantitative estimate of drug-likeness (QED) is 0.0215. The molecule has 5 aromatic rings. The van der Waals surface area contributed by atoms with Crippen LogP contribution in [0.5, 0.6) is 40.2 Å². The van der Waals surface area contributed by atoms with E-state index in [2.05, 4.69) is 60.1 Å². The molecular weight excluding hydrogens is 1760 g/mol. The first-order valence-corrected chi connectivity index (χ1v) is 43.7. The van der Waals surface area contributed by atoms with Gasteiger partial charge in [-0.15, -0.1) is 24.8 Å². The largest absolute Gasteiger partial charge is 0.507 e. The lowest BCUT2D eigenvalue weighted by molar-refractivity contribution is -0.350. The number of carbonyl (C=O) groups excluding carboxylic acids is 7. The number of halogens is 4. The molecule has 2 saturated heterocycles. The fourth-order valence-electron chi connectivity index (χ4n) is 15.7. The van der Waals surface area contributed by atoms with Crippen molar-refractivity contribution in [3.63, 3.8) is 0 Å². The van der Waals surface area contributed by atoms with Crippen LogP contribution >= 0.6 is 55.6 Å². The minimum Gasteiger partial charge on any atom is -0.507 e. The summed E-state index contributed by atoms with van der Waals surface area (Å²) in [5, 5.41) is 144. The predicted molar refractivity (Wildman–Crippen MR) is 460 cm³/mol. The summed E-state index contributed by atoms with van der Waals surface area (Å²) in [6.07, 6.45) is -10.00. The molecule has 0 radical (unpaired) electrons. The molecule has 7 aliphatic heterocycles. The molecule has 11 bridgehead atoms. The molecule has 2 unspecified atom stereocenters. The van der Waals surface area contributed by atoms with Gasteiger partial charge >= 0.3 is 13.6 Å². The number of phenols is 3. The second-order valence-electron chi connectivity index (χ2n) is 32.4. The van der Waals surface area contributed by atoms with Crippen molar-refractivity contribution in [3.8, 4) is 51.4 Å². The number of likely N-dealkylation sites (N-methyl/N-ethyl adjacent to an activating group) is 1. The van der Waals surface area contributed by atoms with Crippen LogP contribution in [0.4, 0.5) is 0 Å². The Morgan fingerprint density at radius 1 is 0.683 bits per heavy atom. The molecular formula is C83H114Cl4N11O27P. The van der Waals surface area contributed by atoms with Crippen molar-refractivity contribution in [1.29, 1.82) is 0 Å². The highest BCUT2D eigenvalue weighted by Gasteiger charge is 2.51. The summed E-state index contributed by atoms with van der Waals surface area (Å²) in [5.41, 5.74) is 1.09. The molecule has 18 atom stereocenters. The van der Waals surface area contributed by atoms with Crippen LogP contribution in [-0.2, 0) is 75.0 Å². The lowest BCUT2D eigenvalue weighted by atomic mass is 9.85. The Labute approximate surface area is 749 Å². The summed E-state index contributed by atoms with van der Waals surface area (Å²) in [5.74, 6) is -15.0. The number of fused-ring (bicyclic) bond motifs is 17. The lowest BCUT2D eigenvalue weighted by Crippen LogP contribution is -2.65. The van der Waals surface area contributed by atoms with Gasteiger partial charge in [-0.05, 0) is 123 Å². The van der Waals surface area contributed by atoms with Crippen LogP contribution in [0, 0.1) is 5.92 Å². The van der Waals surface area contributed by atoms with Gasteiger partial charge in [0.2, 0.25) is 41.4 Å². The summed E-state index contributed by atoms with van der Waals surface area (Å²) in [6.45, 7) is 8.45. The third-order valence-electron chi connectivity index (χ3n) is 22.5. The van der Waals surface area contributed by atoms with Gasteiger partial charge in [0.1, 0.15) is 94.9 Å². The Kier molecular flexibility index (Phi) is 37.8. The lowest BCUT2D eigenvalue weighted by Gasteiger charge is -2.48. The number of nitrogens with one attached hydrogen (secondary N) is 10. The maximum Gasteiger partial charge on any atom is 0.339 e. The third-order valence-corrected chi connectivity index (χ3v) is 23.7. The molecule has 0 aliphatic carbocycles. The van der Waals surface area contributed by atoms with Crippen molar-refractivity contribution in [2.24, 2.45) is 11.7 Å². The minimum atomic E-state index is -4.84. The molecule has 2 fully saturated rings. The van der Waals surface area contributed by atoms with Gasteiger partial charge < -0.3 is 148 Å². The molecule has 7 amide bonds. The van der Waals surface area contributed by atoms with Crippen LogP contribution in [0.15, 0.2) is 72.8 Å². The fraction of sp³-hybridized carbons (Fsp3) is 0.542. The zero-order valence-corrected chi connectivity index (χ0v) is 74.1. The third kappa shape index (κ3) is 26.2. The van der Waals surface area contributed by atoms with Crippen LogP contribution in [-0.4, -0.2) is 227 Å². The Bertz CT molecular complexity index is 4710. The number of carbonyl (C=O) groups is 8. The molecule has 0 spiro atoms. The monoisotopic (exact) mass is 1870 g/mol. The summed E-state index contributed by atoms with van der Waals surface area (Å²) < 4.78 is 51.3. The van der Waals surface area contributed by atoms with E-state index < -0.39 is 272 Å². The first-order valence-electron chi connectivity index (χ1n) is 41.1. The number of carboxylic acids is 1. The Morgan fingerprint density at radius 3 is 1.88 bits per heavy atom. The molecule has 696 valence electrons. The van der Waals surface area contributed by atoms with Crippen molar-refractivity contribution >= 4 is 103 Å². The standard InChI is InChI=1S/C83H112Cl2N11O27P.2ClH/c1-7-8-9-10-11-12-13-14-21-88-22-23-90-83(5)34-65(119-40(4)74(83)106)123-73-72(105)71(104)63(36-97)122-82(73)118-37-48-61-28-44-29-62(48)121-60-20-17-42(27-50(60)85)57(100)32-53-77(109)96-69(81(113)114)46-30-58(101)47(35-89-38-124(115,116)117)70(103)66(46)45-25-43(15-18-55(45)98)67(79(111)93-53)95-80(112)68(44)94-78(110)54(33-64(86)102)92-76(108)52(91-75(107)51(87-6)24-39(2)3)31-56(99)41-16-19-59(120-61)49(84)26-41;;/h15-20,25-30,39-40,51-54,56-57,63,65,67-69,71-74,82,87-90,97-101,103-106H,7-14,21-24,31-38H2,1-6H3,(H2,86,102)(H,91,107)(H,92,108)(H,93,111)(H,94,110)(H,95,112)(H,96,109)(H,113,114)(H2,115,116,117);2*1H/t40-,51+,52+,53?,54-,56?,57-,63+,65-,67-,68+,69-,71+,72-,73+,74+,82+,83-;;/m0../s1. The van der Waals surface area contributed by atoms with E-state index >= 15 is 24.0 Å². The van der Waals surface area contributed by atoms with Crippen LogP contribution in [0.2, 0.25) is 10.0 Å². The molecule has 126 heavy (non-hydrogen) atoms. The highest BCUT2D eigenvalue weighted by atomic mass is 35.5. The van der Waals surface area contributed by atoms with Gasteiger partial charge in [0.15, 0.2) is 18.6 Å². The summed E-state index contributed by atoms with van der Waals surface area (Å²) in [6, 6.07) is -0.303. The van der Waals surface area contributed by atoms with Crippen molar-refractivity contribution in [2.75, 3.05) is 39.6 Å². The van der Waals surface area contributed by atoms with Gasteiger partial charge in [0, 0.05) is 61.1 Å². The highest BCUT2D eigenvalue weighted by Crippen LogP contribution is 2.49. The minimum absolute atomic E-state index is 0. The fourth-order valence-corrected chi connectivity index (χ4v) is 16.5. The van der Waals surface area contributed by atoms with Crippen LogP contribution in [0.1, 0.15) is 187 Å². The molecule has 38 nitrogen and oxygen atoms in total. The number of benzene rings is 5. The number of ether oxygens (including phenoxy) is 6. The van der Waals surface area contributed by atoms with E-state index in [1.54, 1.807) is 13.8 Å². The predicted octanol–water partition coefficient (Wildman–Crippen LogP) is 4.45. The summed E-state index contributed by atoms with van der Waals surface area (Å²) >= 11 is 14.3. The van der Waals surface area contributed by atoms with Gasteiger partial charge in [-0.3, -0.25) is 38.1 Å². The number of phenolic OH excluding ortho intramolecular Hbond substituents is 3. The molecule has 12 rings (SSSR count). The zero-order chi connectivity index (χ0) is 90.3. The molecule has 43 heteroatoms. The number of unbranched alkanes of at least 4 members (excludes halogenated alkanes) is 7. The zero-order valence-electron chi connectivity index (χ0n) is 70.0. The second-order valence-corrected chi connectivity index (χ2v) is 34.9. The van der Waals surface area contributed by atoms with Crippen molar-refractivity contribution in [1.82, 2.24) is 53.2 Å². The van der Waals surface area contributed by atoms with Gasteiger partial charge in [-0.1, -0.05) is 107 Å². The molecule has 7 heterocycles. The number of carboxylic acid groups (broad SMARTS) is 1. The molecule has 0 saturated carbocycles. The van der Waals surface area contributed by atoms with Crippen molar-refractivity contribution < 1.29 is 132 Å². The average molecular weight is 1870 g/mol. The van der Waals surface area contributed by atoms with E-state index in [-0.39, 0.29) is 81.8 Å². The highest BCUT2D eigenvalue weighted by molar-refractivity contribution is 7.51. The van der Waals surface area contributed by atoms with E-state index in [0.29, 0.717) is 13.1 Å². The average Bonchev–Trinajstić information content (AvgIpc) is 0.819. The normalized spacial score (nSPS) is 26.2. The molecule has 0 aromatic heterocycles. The second kappa shape index (κ2) is 46.2. The number of hydrogen-bond donors (Lipinski definition) is 23. The first-order chi connectivity index (χ1) is 58.8. The number of hydrogen-bond acceptors (Lipinski definition) is 28. The summed E-state index contributed by atoms with van der Waals surface area (Å²) in [7, 11) is -3.34. The number of aromatic hydroxyl groups is 3. The first kappa shape index (κ1) is 103. The molecule has 7 aliphatic rings. The number of aliphatic hydroxyl groups excluding tert-OH is 6. The van der Waals surface area contributed by atoms with E-state index in [1.165, 1.54) is 75.5 Å². The summed E-state index contributed by atoms with van der Waals surface area (Å²) in [4.78, 5) is 138. The number of aliphatic carboxylic acids is 1. The van der Waals surface area contributed by atoms with Crippen LogP contribution in [0.3, 0.4) is 0 Å². The maximum atomic E-state index is 16.4. The van der Waals surface area contributed by atoms with Gasteiger partial charge in [0.25, 0.3) is 0 Å². The van der Waals surface area contributed by atoms with E-state index in [4.69, 9.17) is 57.4 Å². The van der Waals surface area contributed by atoms with E-state index in [1.807, 2.05) is 13.8 Å². The number of primary amides is 1. The SMILES string of the molecule is CCCCCCCCCCNCCN[C@@]1(C)C[C@H](O[C@H]2[C@H](OCc3c4cc5cc3Oc3ccc(cc3Cl)[C@@H](O)CC3NC(=O)[C@@H](NC(=O)[C@@H]5NC(=O)[C@H](CC(N)=O)NC(=O)[C@H](NC(=O)[C@@H](CC(C)C)NC)CC(O)c5ccc(c(Cl)c5)O4)c4ccc(O)c(c4)-c4c(cc(O)c(CNCP(=O)(O)O)c4O)[C@@H](C(=O)O)NC3=O)O[C@H](CO)[C@@H](O)[C@@H]2O)O[C@@H](C)[C@H]1O.Cl.Cl. The van der Waals surface area contributed by atoms with E-state index in [0.717, 1.165) is 62.2 Å². The number of nitrogens with two attached hydrogens (primary N) is 1. The maximum absolute atomic E-state index is 16.4. The Balaban J connectivity index is 0.00000983. The van der Waals surface area contributed by atoms with Gasteiger partial charge in [-0.2, -0.15) is 0 Å². The van der Waals surface area contributed by atoms with Gasteiger partial charge in [0.05, 0.1) is 77.6 Å².